The van der Waals surface area contributed by atoms with Crippen molar-refractivity contribution < 1.29 is 19.1 Å². The van der Waals surface area contributed by atoms with E-state index in [9.17, 15) is 9.59 Å². The first-order chi connectivity index (χ1) is 10.8. The van der Waals surface area contributed by atoms with Gasteiger partial charge in [0.2, 0.25) is 0 Å². The molecule has 4 aliphatic rings. The maximum absolute atomic E-state index is 12.2. The summed E-state index contributed by atoms with van der Waals surface area (Å²) in [4.78, 5) is 23.9. The third kappa shape index (κ3) is 3.01. The number of esters is 2. The number of rotatable bonds is 5. The lowest BCUT2D eigenvalue weighted by atomic mass is 9.45. The van der Waals surface area contributed by atoms with Gasteiger partial charge in [0.15, 0.2) is 6.61 Å². The first-order valence-electron chi connectivity index (χ1n) is 9.14. The van der Waals surface area contributed by atoms with Crippen molar-refractivity contribution in [1.29, 1.82) is 0 Å². The number of carbonyl (C=O) groups excluding carboxylic acids is 2. The standard InChI is InChI=1S/C19H30O4/c1-5-12(2)17(21)22-11-16(20)23-19(4)14-6-13-7-15(19)10-18(3,8-13)9-14/h12-15H,5-11H2,1-4H3. The SMILES string of the molecule is CCC(C)C(=O)OCC(=O)OC1(C)C2CC3CC1CC(C)(C3)C2. The van der Waals surface area contributed by atoms with E-state index in [1.807, 2.05) is 13.8 Å². The molecule has 0 aromatic carbocycles. The van der Waals surface area contributed by atoms with Crippen molar-refractivity contribution >= 4 is 11.9 Å². The van der Waals surface area contributed by atoms with Crippen LogP contribution in [0.5, 0.6) is 0 Å². The molecule has 4 bridgehead atoms. The molecule has 4 saturated carbocycles. The van der Waals surface area contributed by atoms with Gasteiger partial charge in [-0.05, 0) is 68.6 Å². The van der Waals surface area contributed by atoms with E-state index in [2.05, 4.69) is 13.8 Å². The average molecular weight is 322 g/mol. The normalized spacial score (nSPS) is 42.3. The van der Waals surface area contributed by atoms with Gasteiger partial charge in [-0.3, -0.25) is 4.79 Å². The molecule has 0 aliphatic heterocycles. The number of hydrogen-bond donors (Lipinski definition) is 0. The second-order valence-electron chi connectivity index (χ2n) is 8.73. The summed E-state index contributed by atoms with van der Waals surface area (Å²) in [5.74, 6) is 0.877. The minimum absolute atomic E-state index is 0.167. The minimum atomic E-state index is -0.387. The monoisotopic (exact) mass is 322 g/mol. The molecule has 0 amide bonds. The predicted molar refractivity (Wildman–Crippen MR) is 86.6 cm³/mol. The van der Waals surface area contributed by atoms with Crippen LogP contribution in [0.1, 0.15) is 66.2 Å². The quantitative estimate of drug-likeness (QED) is 0.724. The molecule has 0 radical (unpaired) electrons. The van der Waals surface area contributed by atoms with Crippen LogP contribution in [0.2, 0.25) is 0 Å². The first-order valence-corrected chi connectivity index (χ1v) is 9.14. The lowest BCUT2D eigenvalue weighted by Gasteiger charge is -2.62. The Hall–Kier alpha value is -1.06. The van der Waals surface area contributed by atoms with Crippen LogP contribution < -0.4 is 0 Å². The summed E-state index contributed by atoms with van der Waals surface area (Å²) in [7, 11) is 0. The van der Waals surface area contributed by atoms with Crippen molar-refractivity contribution in [3.05, 3.63) is 0 Å². The van der Waals surface area contributed by atoms with Gasteiger partial charge in [-0.15, -0.1) is 0 Å². The maximum Gasteiger partial charge on any atom is 0.344 e. The highest BCUT2D eigenvalue weighted by Crippen LogP contribution is 2.64. The third-order valence-electron chi connectivity index (χ3n) is 6.80. The summed E-state index contributed by atoms with van der Waals surface area (Å²) in [6.45, 7) is 8.00. The van der Waals surface area contributed by atoms with Gasteiger partial charge in [-0.2, -0.15) is 0 Å². The summed E-state index contributed by atoms with van der Waals surface area (Å²) < 4.78 is 11.0. The molecule has 4 nitrogen and oxygen atoms in total. The van der Waals surface area contributed by atoms with Crippen LogP contribution in [-0.2, 0) is 19.1 Å². The van der Waals surface area contributed by atoms with Crippen molar-refractivity contribution in [3.8, 4) is 0 Å². The fraction of sp³-hybridized carbons (Fsp3) is 0.895. The minimum Gasteiger partial charge on any atom is -0.456 e. The van der Waals surface area contributed by atoms with E-state index in [0.717, 1.165) is 25.2 Å². The molecule has 4 fully saturated rings. The topological polar surface area (TPSA) is 52.6 Å². The Bertz CT molecular complexity index is 482. The van der Waals surface area contributed by atoms with E-state index in [1.165, 1.54) is 19.3 Å². The smallest absolute Gasteiger partial charge is 0.344 e. The summed E-state index contributed by atoms with van der Waals surface area (Å²) >= 11 is 0. The van der Waals surface area contributed by atoms with Crippen molar-refractivity contribution in [3.63, 3.8) is 0 Å². The number of ether oxygens (including phenoxy) is 2. The zero-order valence-corrected chi connectivity index (χ0v) is 14.9. The summed E-state index contributed by atoms with van der Waals surface area (Å²) in [5.41, 5.74) is 0.0851. The van der Waals surface area contributed by atoms with Gasteiger partial charge in [-0.1, -0.05) is 20.8 Å². The highest BCUT2D eigenvalue weighted by atomic mass is 16.6. The van der Waals surface area contributed by atoms with Crippen LogP contribution in [0.25, 0.3) is 0 Å². The molecule has 0 spiro atoms. The number of carbonyl (C=O) groups is 2. The van der Waals surface area contributed by atoms with Crippen molar-refractivity contribution in [1.82, 2.24) is 0 Å². The van der Waals surface area contributed by atoms with Gasteiger partial charge >= 0.3 is 11.9 Å². The van der Waals surface area contributed by atoms with E-state index in [1.54, 1.807) is 0 Å². The molecule has 4 heteroatoms. The van der Waals surface area contributed by atoms with E-state index >= 15 is 0 Å². The van der Waals surface area contributed by atoms with Gasteiger partial charge in [0.1, 0.15) is 5.60 Å². The second kappa shape index (κ2) is 5.78. The number of hydrogen-bond acceptors (Lipinski definition) is 4. The second-order valence-corrected chi connectivity index (χ2v) is 8.73. The van der Waals surface area contributed by atoms with Gasteiger partial charge in [0.25, 0.3) is 0 Å². The summed E-state index contributed by atoms with van der Waals surface area (Å²) in [5, 5.41) is 0. The summed E-state index contributed by atoms with van der Waals surface area (Å²) in [6.07, 6.45) is 6.75. The zero-order chi connectivity index (χ0) is 16.8. The molecule has 23 heavy (non-hydrogen) atoms. The van der Waals surface area contributed by atoms with Gasteiger partial charge in [0.05, 0.1) is 5.92 Å². The molecule has 0 N–H and O–H groups in total. The van der Waals surface area contributed by atoms with Crippen molar-refractivity contribution in [2.24, 2.45) is 29.1 Å². The highest BCUT2D eigenvalue weighted by molar-refractivity contribution is 5.77. The van der Waals surface area contributed by atoms with Crippen LogP contribution in [0, 0.1) is 29.1 Å². The van der Waals surface area contributed by atoms with Crippen molar-refractivity contribution in [2.45, 2.75) is 71.8 Å². The molecule has 4 rings (SSSR count). The fourth-order valence-corrected chi connectivity index (χ4v) is 5.46. The Morgan fingerprint density at radius 1 is 1.13 bits per heavy atom. The molecule has 4 aliphatic carbocycles. The highest BCUT2D eigenvalue weighted by Gasteiger charge is 2.60. The van der Waals surface area contributed by atoms with Crippen molar-refractivity contribution in [2.75, 3.05) is 6.61 Å². The lowest BCUT2D eigenvalue weighted by Crippen LogP contribution is -2.60. The largest absolute Gasteiger partial charge is 0.456 e. The van der Waals surface area contributed by atoms with E-state index in [4.69, 9.17) is 9.47 Å². The predicted octanol–water partition coefficient (Wildman–Crippen LogP) is 3.72. The third-order valence-corrected chi connectivity index (χ3v) is 6.80. The molecular formula is C19H30O4. The van der Waals surface area contributed by atoms with Gasteiger partial charge in [-0.25, -0.2) is 4.79 Å². The van der Waals surface area contributed by atoms with Gasteiger partial charge in [0, 0.05) is 0 Å². The molecule has 0 aromatic heterocycles. The average Bonchev–Trinajstić information content (AvgIpc) is 2.48. The molecule has 0 heterocycles. The molecule has 0 saturated heterocycles. The maximum atomic E-state index is 12.2. The molecular weight excluding hydrogens is 292 g/mol. The van der Waals surface area contributed by atoms with E-state index < -0.39 is 0 Å². The van der Waals surface area contributed by atoms with Gasteiger partial charge < -0.3 is 9.47 Å². The summed E-state index contributed by atoms with van der Waals surface area (Å²) in [6, 6.07) is 0. The Balaban J connectivity index is 1.59. The molecule has 3 unspecified atom stereocenters. The molecule has 0 aromatic rings. The van der Waals surface area contributed by atoms with E-state index in [-0.39, 0.29) is 30.1 Å². The van der Waals surface area contributed by atoms with Crippen LogP contribution in [0.15, 0.2) is 0 Å². The van der Waals surface area contributed by atoms with Crippen LogP contribution in [0.3, 0.4) is 0 Å². The Morgan fingerprint density at radius 2 is 1.74 bits per heavy atom. The first kappa shape index (κ1) is 16.8. The Morgan fingerprint density at radius 3 is 2.26 bits per heavy atom. The van der Waals surface area contributed by atoms with E-state index in [0.29, 0.717) is 17.3 Å². The fourth-order valence-electron chi connectivity index (χ4n) is 5.46. The lowest BCUT2D eigenvalue weighted by molar-refractivity contribution is -0.219. The Labute approximate surface area is 139 Å². The molecule has 130 valence electrons. The van der Waals surface area contributed by atoms with Crippen LogP contribution in [-0.4, -0.2) is 24.1 Å². The van der Waals surface area contributed by atoms with Crippen LogP contribution >= 0.6 is 0 Å². The zero-order valence-electron chi connectivity index (χ0n) is 14.9. The van der Waals surface area contributed by atoms with Crippen LogP contribution in [0.4, 0.5) is 0 Å². The Kier molecular flexibility index (Phi) is 4.22. The molecule has 3 atom stereocenters.